The number of amides is 3. The van der Waals surface area contributed by atoms with Crippen LogP contribution < -0.4 is 16.0 Å². The highest BCUT2D eigenvalue weighted by Crippen LogP contribution is 2.16. The highest BCUT2D eigenvalue weighted by atomic mass is 32.1. The first-order valence-electron chi connectivity index (χ1n) is 7.31. The van der Waals surface area contributed by atoms with Crippen molar-refractivity contribution in [2.75, 3.05) is 6.54 Å². The van der Waals surface area contributed by atoms with Gasteiger partial charge in [-0.25, -0.2) is 9.78 Å². The Labute approximate surface area is 139 Å². The van der Waals surface area contributed by atoms with Gasteiger partial charge >= 0.3 is 6.03 Å². The maximum absolute atomic E-state index is 11.8. The third-order valence-corrected chi connectivity index (χ3v) is 4.24. The fourth-order valence-electron chi connectivity index (χ4n) is 1.90. The van der Waals surface area contributed by atoms with E-state index in [-0.39, 0.29) is 24.5 Å². The number of aromatic nitrogens is 1. The van der Waals surface area contributed by atoms with Crippen molar-refractivity contribution in [3.8, 4) is 0 Å². The highest BCUT2D eigenvalue weighted by Gasteiger charge is 2.13. The molecular weight excluding hydrogens is 312 g/mol. The summed E-state index contributed by atoms with van der Waals surface area (Å²) >= 11 is 1.50. The second-order valence-electron chi connectivity index (χ2n) is 5.14. The number of urea groups is 1. The first-order valence-corrected chi connectivity index (χ1v) is 8.19. The normalized spacial score (nSPS) is 11.6. The number of benzene rings is 1. The lowest BCUT2D eigenvalue weighted by Crippen LogP contribution is -2.42. The van der Waals surface area contributed by atoms with Crippen molar-refractivity contribution in [2.24, 2.45) is 0 Å². The van der Waals surface area contributed by atoms with Crippen LogP contribution in [0.25, 0.3) is 0 Å². The highest BCUT2D eigenvalue weighted by molar-refractivity contribution is 7.09. The lowest BCUT2D eigenvalue weighted by molar-refractivity contribution is -0.120. The molecule has 2 rings (SSSR count). The average Bonchev–Trinajstić information content (AvgIpc) is 2.98. The van der Waals surface area contributed by atoms with E-state index < -0.39 is 0 Å². The van der Waals surface area contributed by atoms with Gasteiger partial charge in [-0.15, -0.1) is 11.3 Å². The van der Waals surface area contributed by atoms with Crippen LogP contribution in [0, 0.1) is 6.92 Å². The Balaban J connectivity index is 1.68. The van der Waals surface area contributed by atoms with Crippen molar-refractivity contribution in [1.29, 1.82) is 0 Å². The van der Waals surface area contributed by atoms with E-state index in [0.717, 1.165) is 16.3 Å². The molecule has 23 heavy (non-hydrogen) atoms. The molecule has 6 nitrogen and oxygen atoms in total. The van der Waals surface area contributed by atoms with Crippen molar-refractivity contribution < 1.29 is 9.59 Å². The Kier molecular flexibility index (Phi) is 6.10. The van der Waals surface area contributed by atoms with E-state index in [9.17, 15) is 9.59 Å². The average molecular weight is 332 g/mol. The molecule has 1 atom stereocenters. The van der Waals surface area contributed by atoms with E-state index in [1.54, 1.807) is 0 Å². The summed E-state index contributed by atoms with van der Waals surface area (Å²) in [5.74, 6) is -0.234. The van der Waals surface area contributed by atoms with E-state index in [4.69, 9.17) is 0 Å². The Hall–Kier alpha value is -2.41. The van der Waals surface area contributed by atoms with Crippen molar-refractivity contribution in [1.82, 2.24) is 20.9 Å². The largest absolute Gasteiger partial charge is 0.350 e. The standard InChI is InChI=1S/C16H20N4O2S/c1-11-10-23-15(19-11)12(2)20-16(22)18-9-14(21)17-8-13-6-4-3-5-7-13/h3-7,10,12H,8-9H2,1-2H3,(H,17,21)(H2,18,20,22)/t12-/m1/s1. The minimum atomic E-state index is -0.389. The van der Waals surface area contributed by atoms with Crippen LogP contribution in [0.5, 0.6) is 0 Å². The van der Waals surface area contributed by atoms with Crippen molar-refractivity contribution in [3.05, 3.63) is 52.0 Å². The minimum absolute atomic E-state index is 0.0672. The van der Waals surface area contributed by atoms with Crippen molar-refractivity contribution >= 4 is 23.3 Å². The number of nitrogens with one attached hydrogen (secondary N) is 3. The molecule has 3 N–H and O–H groups in total. The molecule has 0 radical (unpaired) electrons. The number of aryl methyl sites for hydroxylation is 1. The summed E-state index contributed by atoms with van der Waals surface area (Å²) in [5, 5.41) is 10.8. The third kappa shape index (κ3) is 5.71. The second kappa shape index (κ2) is 8.28. The van der Waals surface area contributed by atoms with Crippen molar-refractivity contribution in [2.45, 2.75) is 26.4 Å². The predicted octanol–water partition coefficient (Wildman–Crippen LogP) is 2.13. The topological polar surface area (TPSA) is 83.1 Å². The number of hydrogen-bond donors (Lipinski definition) is 3. The number of nitrogens with zero attached hydrogens (tertiary/aromatic N) is 1. The molecule has 1 aromatic carbocycles. The first kappa shape index (κ1) is 17.0. The molecule has 0 unspecified atom stereocenters. The van der Waals surface area contributed by atoms with E-state index in [1.807, 2.05) is 49.6 Å². The van der Waals surface area contributed by atoms with E-state index in [1.165, 1.54) is 11.3 Å². The molecule has 7 heteroatoms. The lowest BCUT2D eigenvalue weighted by atomic mass is 10.2. The number of carbonyl (C=O) groups is 2. The van der Waals surface area contributed by atoms with Crippen LogP contribution in [-0.2, 0) is 11.3 Å². The summed E-state index contributed by atoms with van der Waals surface area (Å²) in [6.07, 6.45) is 0. The molecule has 0 bridgehead atoms. The molecular formula is C16H20N4O2S. The maximum Gasteiger partial charge on any atom is 0.315 e. The van der Waals surface area contributed by atoms with Gasteiger partial charge in [0.25, 0.3) is 0 Å². The Morgan fingerprint density at radius 3 is 2.61 bits per heavy atom. The Morgan fingerprint density at radius 1 is 1.22 bits per heavy atom. The van der Waals surface area contributed by atoms with Crippen LogP contribution in [0.3, 0.4) is 0 Å². The molecule has 2 aromatic rings. The van der Waals surface area contributed by atoms with Gasteiger partial charge in [-0.1, -0.05) is 30.3 Å². The fourth-order valence-corrected chi connectivity index (χ4v) is 2.70. The molecule has 0 aliphatic rings. The molecule has 0 saturated carbocycles. The lowest BCUT2D eigenvalue weighted by Gasteiger charge is -2.12. The van der Waals surface area contributed by atoms with E-state index in [2.05, 4.69) is 20.9 Å². The first-order chi connectivity index (χ1) is 11.0. The zero-order valence-corrected chi connectivity index (χ0v) is 13.9. The summed E-state index contributed by atoms with van der Waals surface area (Å²) in [4.78, 5) is 27.8. The Bertz CT molecular complexity index is 657. The van der Waals surface area contributed by atoms with Gasteiger partial charge < -0.3 is 16.0 Å². The predicted molar refractivity (Wildman–Crippen MR) is 90.1 cm³/mol. The quantitative estimate of drug-likeness (QED) is 0.758. The number of rotatable bonds is 6. The summed E-state index contributed by atoms with van der Waals surface area (Å²) in [6, 6.07) is 9.02. The summed E-state index contributed by atoms with van der Waals surface area (Å²) in [5.41, 5.74) is 1.94. The van der Waals surface area contributed by atoms with Gasteiger partial charge in [0.15, 0.2) is 0 Å². The third-order valence-electron chi connectivity index (χ3n) is 3.10. The van der Waals surface area contributed by atoms with Gasteiger partial charge in [-0.05, 0) is 19.4 Å². The van der Waals surface area contributed by atoms with Gasteiger partial charge in [-0.3, -0.25) is 4.79 Å². The molecule has 0 aliphatic carbocycles. The fraction of sp³-hybridized carbons (Fsp3) is 0.312. The number of hydrogen-bond acceptors (Lipinski definition) is 4. The number of thiazole rings is 1. The molecule has 0 saturated heterocycles. The van der Waals surface area contributed by atoms with E-state index in [0.29, 0.717) is 6.54 Å². The maximum atomic E-state index is 11.8. The van der Waals surface area contributed by atoms with Gasteiger partial charge in [-0.2, -0.15) is 0 Å². The summed E-state index contributed by atoms with van der Waals surface area (Å²) in [6.45, 7) is 4.14. The SMILES string of the molecule is Cc1csc([C@@H](C)NC(=O)NCC(=O)NCc2ccccc2)n1. The zero-order valence-electron chi connectivity index (χ0n) is 13.1. The molecule has 0 aliphatic heterocycles. The van der Waals surface area contributed by atoms with Crippen LogP contribution in [0.1, 0.15) is 29.2 Å². The molecule has 1 heterocycles. The van der Waals surface area contributed by atoms with Gasteiger partial charge in [0.1, 0.15) is 5.01 Å². The Morgan fingerprint density at radius 2 is 1.96 bits per heavy atom. The van der Waals surface area contributed by atoms with Crippen molar-refractivity contribution in [3.63, 3.8) is 0 Å². The van der Waals surface area contributed by atoms with E-state index >= 15 is 0 Å². The molecule has 3 amide bonds. The second-order valence-corrected chi connectivity index (χ2v) is 6.03. The molecule has 0 spiro atoms. The molecule has 122 valence electrons. The molecule has 0 fully saturated rings. The van der Waals surface area contributed by atoms with Gasteiger partial charge in [0, 0.05) is 17.6 Å². The minimum Gasteiger partial charge on any atom is -0.350 e. The smallest absolute Gasteiger partial charge is 0.315 e. The van der Waals surface area contributed by atoms with Gasteiger partial charge in [0.2, 0.25) is 5.91 Å². The molecule has 1 aromatic heterocycles. The van der Waals surface area contributed by atoms with Crippen LogP contribution in [-0.4, -0.2) is 23.5 Å². The number of carbonyl (C=O) groups excluding carboxylic acids is 2. The summed E-state index contributed by atoms with van der Waals surface area (Å²) < 4.78 is 0. The summed E-state index contributed by atoms with van der Waals surface area (Å²) in [7, 11) is 0. The van der Waals surface area contributed by atoms with Crippen LogP contribution in [0.2, 0.25) is 0 Å². The van der Waals surface area contributed by atoms with Crippen LogP contribution in [0.4, 0.5) is 4.79 Å². The van der Waals surface area contributed by atoms with Crippen LogP contribution in [0.15, 0.2) is 35.7 Å². The zero-order chi connectivity index (χ0) is 16.7. The monoisotopic (exact) mass is 332 g/mol. The van der Waals surface area contributed by atoms with Gasteiger partial charge in [0.05, 0.1) is 12.6 Å². The van der Waals surface area contributed by atoms with Crippen LogP contribution >= 0.6 is 11.3 Å².